The van der Waals surface area contributed by atoms with Crippen LogP contribution in [0.4, 0.5) is 16.3 Å². The summed E-state index contributed by atoms with van der Waals surface area (Å²) in [5.74, 6) is 2.59. The molecule has 142 valence electrons. The number of nitrogens with zero attached hydrogens (tertiary/aromatic N) is 3. The lowest BCUT2D eigenvalue weighted by molar-refractivity contribution is 0.249. The van der Waals surface area contributed by atoms with Crippen molar-refractivity contribution in [3.05, 3.63) is 41.9 Å². The van der Waals surface area contributed by atoms with Gasteiger partial charge in [0.1, 0.15) is 12.1 Å². The van der Waals surface area contributed by atoms with Crippen LogP contribution in [0.2, 0.25) is 0 Å². The van der Waals surface area contributed by atoms with Gasteiger partial charge in [-0.1, -0.05) is 26.0 Å². The molecule has 0 saturated carbocycles. The Bertz CT molecular complexity index is 824. The molecule has 2 N–H and O–H groups in total. The largest absolute Gasteiger partial charge is 0.353 e. The summed E-state index contributed by atoms with van der Waals surface area (Å²) in [6, 6.07) is 8.00. The maximum absolute atomic E-state index is 12.3. The van der Waals surface area contributed by atoms with Crippen LogP contribution in [-0.2, 0) is 6.42 Å². The highest BCUT2D eigenvalue weighted by molar-refractivity contribution is 7.99. The maximum atomic E-state index is 12.3. The zero-order valence-electron chi connectivity index (χ0n) is 15.7. The summed E-state index contributed by atoms with van der Waals surface area (Å²) in [6.45, 7) is 6.00. The van der Waals surface area contributed by atoms with Crippen molar-refractivity contribution in [3.63, 3.8) is 0 Å². The van der Waals surface area contributed by atoms with Crippen LogP contribution in [0, 0.1) is 0 Å². The molecule has 1 fully saturated rings. The number of urea groups is 1. The zero-order chi connectivity index (χ0) is 18.8. The van der Waals surface area contributed by atoms with Crippen molar-refractivity contribution in [2.45, 2.75) is 43.5 Å². The molecule has 1 unspecified atom stereocenters. The molecule has 2 aliphatic rings. The number of nitrogens with one attached hydrogen (secondary N) is 2. The van der Waals surface area contributed by atoms with Crippen molar-refractivity contribution in [1.82, 2.24) is 15.3 Å². The summed E-state index contributed by atoms with van der Waals surface area (Å²) in [6.07, 6.45) is 3.60. The average Bonchev–Trinajstić information content (AvgIpc) is 3.31. The molecule has 1 aromatic carbocycles. The fourth-order valence-electron chi connectivity index (χ4n) is 3.57. The summed E-state index contributed by atoms with van der Waals surface area (Å²) in [5, 5.41) is 6.02. The number of carbonyl (C=O) groups is 1. The number of benzene rings is 1. The van der Waals surface area contributed by atoms with Gasteiger partial charge in [0.05, 0.1) is 10.6 Å². The molecule has 0 spiro atoms. The first-order valence-corrected chi connectivity index (χ1v) is 10.5. The number of thioether (sulfide) groups is 1. The molecule has 2 aromatic rings. The van der Waals surface area contributed by atoms with Gasteiger partial charge in [-0.25, -0.2) is 14.8 Å². The van der Waals surface area contributed by atoms with Crippen LogP contribution in [0.3, 0.4) is 0 Å². The van der Waals surface area contributed by atoms with Gasteiger partial charge < -0.3 is 15.5 Å². The van der Waals surface area contributed by atoms with Crippen LogP contribution in [0.1, 0.15) is 37.4 Å². The van der Waals surface area contributed by atoms with Gasteiger partial charge in [-0.3, -0.25) is 0 Å². The standard InChI is InChI=1S/C20H25N5OS/c1-13(2)14-3-5-15(6-4-14)23-20(26)24-16-7-9-25(11-16)19-18-17(8-10-27-18)21-12-22-19/h3-6,12-13,16H,7-11H2,1-2H3,(H2,23,24,26). The van der Waals surface area contributed by atoms with E-state index in [2.05, 4.69) is 51.5 Å². The molecule has 7 heteroatoms. The maximum Gasteiger partial charge on any atom is 0.319 e. The van der Waals surface area contributed by atoms with Crippen molar-refractivity contribution < 1.29 is 4.79 Å². The molecule has 1 atom stereocenters. The smallest absolute Gasteiger partial charge is 0.319 e. The van der Waals surface area contributed by atoms with Crippen molar-refractivity contribution >= 4 is 29.3 Å². The molecule has 2 amide bonds. The topological polar surface area (TPSA) is 70.2 Å². The summed E-state index contributed by atoms with van der Waals surface area (Å²) >= 11 is 1.83. The van der Waals surface area contributed by atoms with E-state index >= 15 is 0 Å². The normalized spacial score (nSPS) is 18.6. The van der Waals surface area contributed by atoms with E-state index in [1.807, 2.05) is 23.9 Å². The third kappa shape index (κ3) is 4.03. The van der Waals surface area contributed by atoms with Crippen molar-refractivity contribution in [3.8, 4) is 0 Å². The van der Waals surface area contributed by atoms with Crippen LogP contribution in [0.25, 0.3) is 0 Å². The monoisotopic (exact) mass is 383 g/mol. The molecule has 1 saturated heterocycles. The van der Waals surface area contributed by atoms with E-state index in [4.69, 9.17) is 0 Å². The number of hydrogen-bond donors (Lipinski definition) is 2. The van der Waals surface area contributed by atoms with Gasteiger partial charge in [-0.05, 0) is 30.0 Å². The second-order valence-corrected chi connectivity index (χ2v) is 8.48. The lowest BCUT2D eigenvalue weighted by Crippen LogP contribution is -2.39. The van der Waals surface area contributed by atoms with Gasteiger partial charge in [0.25, 0.3) is 0 Å². The Morgan fingerprint density at radius 2 is 2.07 bits per heavy atom. The minimum absolute atomic E-state index is 0.122. The van der Waals surface area contributed by atoms with E-state index in [1.165, 1.54) is 10.5 Å². The van der Waals surface area contributed by atoms with E-state index in [0.717, 1.165) is 48.9 Å². The Morgan fingerprint density at radius 1 is 1.26 bits per heavy atom. The number of carbonyl (C=O) groups excluding carboxylic acids is 1. The Morgan fingerprint density at radius 3 is 2.85 bits per heavy atom. The predicted octanol–water partition coefficient (Wildman–Crippen LogP) is 3.65. The van der Waals surface area contributed by atoms with Gasteiger partial charge in [0.15, 0.2) is 0 Å². The van der Waals surface area contributed by atoms with Gasteiger partial charge in [0, 0.05) is 37.0 Å². The first kappa shape index (κ1) is 18.1. The highest BCUT2D eigenvalue weighted by Gasteiger charge is 2.29. The second-order valence-electron chi connectivity index (χ2n) is 7.38. The van der Waals surface area contributed by atoms with Crippen molar-refractivity contribution in [1.29, 1.82) is 0 Å². The highest BCUT2D eigenvalue weighted by atomic mass is 32.2. The lowest BCUT2D eigenvalue weighted by Gasteiger charge is -2.20. The van der Waals surface area contributed by atoms with Crippen LogP contribution in [0.15, 0.2) is 35.5 Å². The summed E-state index contributed by atoms with van der Waals surface area (Å²) < 4.78 is 0. The minimum Gasteiger partial charge on any atom is -0.353 e. The first-order chi connectivity index (χ1) is 13.1. The van der Waals surface area contributed by atoms with Crippen LogP contribution >= 0.6 is 11.8 Å². The number of fused-ring (bicyclic) bond motifs is 1. The SMILES string of the molecule is CC(C)c1ccc(NC(=O)NC2CCN(c3ncnc4c3SCC4)C2)cc1. The van der Waals surface area contributed by atoms with Gasteiger partial charge in [-0.2, -0.15) is 0 Å². The third-order valence-corrected chi connectivity index (χ3v) is 6.22. The van der Waals surface area contributed by atoms with E-state index in [-0.39, 0.29) is 12.1 Å². The number of amides is 2. The van der Waals surface area contributed by atoms with Crippen molar-refractivity contribution in [2.75, 3.05) is 29.1 Å². The van der Waals surface area contributed by atoms with Crippen molar-refractivity contribution in [2.24, 2.45) is 0 Å². The molecule has 0 radical (unpaired) electrons. The minimum atomic E-state index is -0.151. The van der Waals surface area contributed by atoms with E-state index in [1.54, 1.807) is 6.33 Å². The van der Waals surface area contributed by atoms with Gasteiger partial charge >= 0.3 is 6.03 Å². The molecule has 6 nitrogen and oxygen atoms in total. The second kappa shape index (κ2) is 7.76. The number of hydrogen-bond acceptors (Lipinski definition) is 5. The summed E-state index contributed by atoms with van der Waals surface area (Å²) in [5.41, 5.74) is 3.24. The van der Waals surface area contributed by atoms with E-state index in [9.17, 15) is 4.79 Å². The van der Waals surface area contributed by atoms with Crippen LogP contribution in [0.5, 0.6) is 0 Å². The fraction of sp³-hybridized carbons (Fsp3) is 0.450. The Labute approximate surface area is 164 Å². The number of rotatable bonds is 4. The van der Waals surface area contributed by atoms with Gasteiger partial charge in [-0.15, -0.1) is 11.8 Å². The molecular weight excluding hydrogens is 358 g/mol. The molecule has 2 aliphatic heterocycles. The zero-order valence-corrected chi connectivity index (χ0v) is 16.6. The average molecular weight is 384 g/mol. The molecule has 1 aromatic heterocycles. The molecule has 0 bridgehead atoms. The summed E-state index contributed by atoms with van der Waals surface area (Å²) in [4.78, 5) is 24.7. The Balaban J connectivity index is 1.33. The number of aromatic nitrogens is 2. The number of anilines is 2. The van der Waals surface area contributed by atoms with E-state index in [0.29, 0.717) is 5.92 Å². The lowest BCUT2D eigenvalue weighted by atomic mass is 10.0. The molecule has 4 rings (SSSR count). The van der Waals surface area contributed by atoms with Crippen LogP contribution < -0.4 is 15.5 Å². The van der Waals surface area contributed by atoms with Crippen LogP contribution in [-0.4, -0.2) is 40.9 Å². The summed E-state index contributed by atoms with van der Waals surface area (Å²) in [7, 11) is 0. The molecular formula is C20H25N5OS. The third-order valence-electron chi connectivity index (χ3n) is 5.10. The first-order valence-electron chi connectivity index (χ1n) is 9.49. The van der Waals surface area contributed by atoms with E-state index < -0.39 is 0 Å². The number of aryl methyl sites for hydroxylation is 1. The van der Waals surface area contributed by atoms with Gasteiger partial charge in [0.2, 0.25) is 0 Å². The fourth-order valence-corrected chi connectivity index (χ4v) is 4.71. The Hall–Kier alpha value is -2.28. The predicted molar refractivity (Wildman–Crippen MR) is 110 cm³/mol. The molecule has 0 aliphatic carbocycles. The molecule has 27 heavy (non-hydrogen) atoms. The quantitative estimate of drug-likeness (QED) is 0.843. The Kier molecular flexibility index (Phi) is 5.20. The highest BCUT2D eigenvalue weighted by Crippen LogP contribution is 2.37. The molecule has 3 heterocycles.